The fraction of sp³-hybridized carbons (Fsp3) is 1.00. The molecule has 12 heavy (non-hydrogen) atoms. The molecule has 0 fully saturated rings. The fourth-order valence-electron chi connectivity index (χ4n) is 0.991. The Hall–Kier alpha value is -0.0151. The maximum Gasteiger partial charge on any atom is 0.181 e. The molecule has 72 valence electrons. The Kier molecular flexibility index (Phi) is 6.49. The third-order valence-corrected chi connectivity index (χ3v) is 1.97. The van der Waals surface area contributed by atoms with E-state index in [-0.39, 0.29) is 5.60 Å². The molecule has 2 nitrogen and oxygen atoms in total. The molecule has 0 saturated heterocycles. The first-order valence-corrected chi connectivity index (χ1v) is 4.91. The van der Waals surface area contributed by atoms with Gasteiger partial charge in [0.2, 0.25) is 0 Å². The van der Waals surface area contributed by atoms with Gasteiger partial charge in [0.05, 0.1) is 5.60 Å². The van der Waals surface area contributed by atoms with Gasteiger partial charge in [-0.1, -0.05) is 13.3 Å². The molecule has 0 heterocycles. The van der Waals surface area contributed by atoms with E-state index in [9.17, 15) is 0 Å². The summed E-state index contributed by atoms with van der Waals surface area (Å²) in [5.41, 5.74) is 0.0399. The van der Waals surface area contributed by atoms with Crippen molar-refractivity contribution in [1.82, 2.24) is 5.23 Å². The van der Waals surface area contributed by atoms with Crippen LogP contribution in [0.25, 0.3) is 0 Å². The number of rotatable bonds is 7. The Labute approximate surface area is 77.5 Å². The molecule has 0 spiro atoms. The molecular formula is C9H22BNO. The molecule has 0 saturated carbocycles. The lowest BCUT2D eigenvalue weighted by Gasteiger charge is -2.25. The van der Waals surface area contributed by atoms with Crippen molar-refractivity contribution >= 4 is 7.98 Å². The molecule has 0 aromatic heterocycles. The monoisotopic (exact) mass is 171 g/mol. The van der Waals surface area contributed by atoms with Crippen LogP contribution in [0.3, 0.4) is 0 Å². The Morgan fingerprint density at radius 3 is 2.58 bits per heavy atom. The molecule has 0 rings (SSSR count). The molecule has 0 unspecified atom stereocenters. The second-order valence-electron chi connectivity index (χ2n) is 3.82. The third-order valence-electron chi connectivity index (χ3n) is 1.97. The van der Waals surface area contributed by atoms with Gasteiger partial charge in [0.1, 0.15) is 0 Å². The summed E-state index contributed by atoms with van der Waals surface area (Å²) < 4.78 is 5.73. The van der Waals surface area contributed by atoms with Crippen molar-refractivity contribution < 1.29 is 4.74 Å². The van der Waals surface area contributed by atoms with Gasteiger partial charge < -0.3 is 9.96 Å². The van der Waals surface area contributed by atoms with Crippen molar-refractivity contribution in [2.45, 2.75) is 45.6 Å². The number of unbranched alkanes of at least 4 members (excludes halogenated alkanes) is 1. The number of ether oxygens (including phenoxy) is 1. The summed E-state index contributed by atoms with van der Waals surface area (Å²) in [4.78, 5) is 0. The van der Waals surface area contributed by atoms with E-state index in [4.69, 9.17) is 4.74 Å². The van der Waals surface area contributed by atoms with E-state index in [0.717, 1.165) is 19.6 Å². The van der Waals surface area contributed by atoms with E-state index in [0.29, 0.717) is 0 Å². The van der Waals surface area contributed by atoms with Crippen LogP contribution in [0.1, 0.15) is 40.0 Å². The van der Waals surface area contributed by atoms with E-state index >= 15 is 0 Å². The molecule has 1 N–H and O–H groups in total. The molecule has 0 aliphatic carbocycles. The molecule has 0 aromatic rings. The van der Waals surface area contributed by atoms with Crippen LogP contribution in [0.5, 0.6) is 0 Å². The van der Waals surface area contributed by atoms with Crippen molar-refractivity contribution in [2.75, 3.05) is 13.2 Å². The summed E-state index contributed by atoms with van der Waals surface area (Å²) in [6, 6.07) is 0. The van der Waals surface area contributed by atoms with E-state index in [2.05, 4.69) is 26.0 Å². The van der Waals surface area contributed by atoms with Crippen LogP contribution >= 0.6 is 0 Å². The Morgan fingerprint density at radius 1 is 1.42 bits per heavy atom. The molecule has 0 aliphatic rings. The van der Waals surface area contributed by atoms with Crippen molar-refractivity contribution in [3.63, 3.8) is 0 Å². The molecule has 0 atom stereocenters. The van der Waals surface area contributed by atoms with Crippen molar-refractivity contribution in [1.29, 1.82) is 0 Å². The van der Waals surface area contributed by atoms with Crippen LogP contribution in [-0.2, 0) is 4.74 Å². The molecule has 0 bridgehead atoms. The van der Waals surface area contributed by atoms with Gasteiger partial charge in [-0.25, -0.2) is 0 Å². The highest BCUT2D eigenvalue weighted by molar-refractivity contribution is 6.04. The zero-order valence-corrected chi connectivity index (χ0v) is 8.94. The highest BCUT2D eigenvalue weighted by Crippen LogP contribution is 2.13. The lowest BCUT2D eigenvalue weighted by atomic mass is 10.0. The molecular weight excluding hydrogens is 149 g/mol. The first-order chi connectivity index (χ1) is 5.62. The average Bonchev–Trinajstić information content (AvgIpc) is 2.01. The molecule has 0 amide bonds. The topological polar surface area (TPSA) is 21.3 Å². The van der Waals surface area contributed by atoms with E-state index in [1.807, 2.05) is 7.98 Å². The van der Waals surface area contributed by atoms with E-state index in [1.165, 1.54) is 12.8 Å². The summed E-state index contributed by atoms with van der Waals surface area (Å²) in [5.74, 6) is 0. The molecule has 0 aliphatic heterocycles. The zero-order chi connectivity index (χ0) is 9.45. The predicted molar refractivity (Wildman–Crippen MR) is 56.1 cm³/mol. The van der Waals surface area contributed by atoms with Crippen molar-refractivity contribution in [2.24, 2.45) is 0 Å². The zero-order valence-electron chi connectivity index (χ0n) is 8.94. The summed E-state index contributed by atoms with van der Waals surface area (Å²) in [7, 11) is 1.97. The standard InChI is InChI=1S/C9H22BNO/c1-4-5-8-12-9(2,3)6-7-11-10/h11H,4-8,10H2,1-3H3. The lowest BCUT2D eigenvalue weighted by Crippen LogP contribution is -2.29. The van der Waals surface area contributed by atoms with Crippen LogP contribution in [0.2, 0.25) is 0 Å². The summed E-state index contributed by atoms with van der Waals surface area (Å²) in [6.45, 7) is 8.41. The van der Waals surface area contributed by atoms with Crippen molar-refractivity contribution in [3.05, 3.63) is 0 Å². The van der Waals surface area contributed by atoms with Crippen LogP contribution in [0, 0.1) is 0 Å². The van der Waals surface area contributed by atoms with Gasteiger partial charge >= 0.3 is 0 Å². The number of hydrogen-bond acceptors (Lipinski definition) is 2. The maximum atomic E-state index is 5.73. The van der Waals surface area contributed by atoms with Gasteiger partial charge in [-0.2, -0.15) is 0 Å². The Bertz CT molecular complexity index is 107. The highest BCUT2D eigenvalue weighted by atomic mass is 16.5. The molecule has 0 aromatic carbocycles. The van der Waals surface area contributed by atoms with Gasteiger partial charge in [0, 0.05) is 6.61 Å². The Morgan fingerprint density at radius 2 is 2.08 bits per heavy atom. The third kappa shape index (κ3) is 6.68. The number of nitrogens with one attached hydrogen (secondary N) is 1. The normalized spacial score (nSPS) is 11.9. The minimum absolute atomic E-state index is 0.0399. The smallest absolute Gasteiger partial charge is 0.181 e. The summed E-state index contributed by atoms with van der Waals surface area (Å²) >= 11 is 0. The average molecular weight is 171 g/mol. The fourth-order valence-corrected chi connectivity index (χ4v) is 0.991. The van der Waals surface area contributed by atoms with Gasteiger partial charge in [-0.05, 0) is 33.2 Å². The second-order valence-corrected chi connectivity index (χ2v) is 3.82. The van der Waals surface area contributed by atoms with Gasteiger partial charge in [-0.3, -0.25) is 0 Å². The first-order valence-electron chi connectivity index (χ1n) is 4.91. The minimum atomic E-state index is 0.0399. The lowest BCUT2D eigenvalue weighted by molar-refractivity contribution is -0.0233. The van der Waals surface area contributed by atoms with Gasteiger partial charge in [0.25, 0.3) is 0 Å². The summed E-state index contributed by atoms with van der Waals surface area (Å²) in [5, 5.41) is 3.13. The largest absolute Gasteiger partial charge is 0.376 e. The second kappa shape index (κ2) is 6.50. The van der Waals surface area contributed by atoms with Crippen LogP contribution in [-0.4, -0.2) is 26.7 Å². The number of hydrogen-bond donors (Lipinski definition) is 1. The maximum absolute atomic E-state index is 5.73. The van der Waals surface area contributed by atoms with Crippen LogP contribution in [0.4, 0.5) is 0 Å². The Balaban J connectivity index is 3.42. The van der Waals surface area contributed by atoms with E-state index < -0.39 is 0 Å². The minimum Gasteiger partial charge on any atom is -0.376 e. The van der Waals surface area contributed by atoms with Gasteiger partial charge in [0.15, 0.2) is 7.98 Å². The quantitative estimate of drug-likeness (QED) is 0.457. The predicted octanol–water partition coefficient (Wildman–Crippen LogP) is 1.11. The molecule has 3 heteroatoms. The first kappa shape index (κ1) is 12.0. The molecule has 0 radical (unpaired) electrons. The van der Waals surface area contributed by atoms with Crippen molar-refractivity contribution in [3.8, 4) is 0 Å². The van der Waals surface area contributed by atoms with E-state index in [1.54, 1.807) is 0 Å². The SMILES string of the molecule is BNCCC(C)(C)OCCCC. The van der Waals surface area contributed by atoms with Crippen LogP contribution in [0.15, 0.2) is 0 Å². The summed E-state index contributed by atoms with van der Waals surface area (Å²) in [6.07, 6.45) is 3.46. The van der Waals surface area contributed by atoms with Crippen LogP contribution < -0.4 is 5.23 Å². The van der Waals surface area contributed by atoms with Gasteiger partial charge in [-0.15, -0.1) is 0 Å². The highest BCUT2D eigenvalue weighted by Gasteiger charge is 2.16.